The van der Waals surface area contributed by atoms with Crippen LogP contribution in [0.2, 0.25) is 0 Å². The molecular weight excluding hydrogens is 354 g/mol. The van der Waals surface area contributed by atoms with Gasteiger partial charge in [0, 0.05) is 38.3 Å². The maximum Gasteiger partial charge on any atom is 0.326 e. The smallest absolute Gasteiger partial charge is 0.326 e. The minimum absolute atomic E-state index is 0.0122. The summed E-state index contributed by atoms with van der Waals surface area (Å²) in [5.41, 5.74) is 2.51. The molecule has 1 atom stereocenters. The van der Waals surface area contributed by atoms with Crippen LogP contribution in [0.3, 0.4) is 0 Å². The number of imidazole rings is 1. The maximum atomic E-state index is 12.5. The predicted molar refractivity (Wildman–Crippen MR) is 108 cm³/mol. The number of para-hydroxylation sites is 2. The third-order valence-electron chi connectivity index (χ3n) is 5.23. The van der Waals surface area contributed by atoms with Crippen molar-refractivity contribution in [2.24, 2.45) is 0 Å². The first kappa shape index (κ1) is 18.4. The molecule has 7 nitrogen and oxygen atoms in total. The Morgan fingerprint density at radius 2 is 2.07 bits per heavy atom. The number of benzene rings is 1. The number of rotatable bonds is 6. The van der Waals surface area contributed by atoms with E-state index in [-0.39, 0.29) is 17.6 Å². The average Bonchev–Trinajstić information content (AvgIpc) is 3.02. The number of aromatic amines is 1. The third kappa shape index (κ3) is 4.31. The standard InChI is InChI=1S/C21H25N5O2/c27-20(10-13-26-19-9-2-1-8-18(19)24-21(26)28)23-17-7-5-12-25(15-17)14-16-6-3-4-11-22-16/h1-4,6,8-9,11,17H,5,7,10,12-15H2,(H,23,27)(H,24,28)/t17-/m0/s1. The normalized spacial score (nSPS) is 17.6. The summed E-state index contributed by atoms with van der Waals surface area (Å²) in [6.07, 6.45) is 4.14. The molecule has 7 heteroatoms. The molecule has 1 aliphatic heterocycles. The second kappa shape index (κ2) is 8.39. The maximum absolute atomic E-state index is 12.5. The molecule has 1 aromatic carbocycles. The van der Waals surface area contributed by atoms with Crippen LogP contribution in [0.4, 0.5) is 0 Å². The van der Waals surface area contributed by atoms with E-state index in [2.05, 4.69) is 20.2 Å². The molecule has 28 heavy (non-hydrogen) atoms. The highest BCUT2D eigenvalue weighted by Gasteiger charge is 2.21. The number of aryl methyl sites for hydroxylation is 1. The van der Waals surface area contributed by atoms with Crippen molar-refractivity contribution in [1.29, 1.82) is 0 Å². The number of amides is 1. The Kier molecular flexibility index (Phi) is 5.53. The number of carbonyl (C=O) groups excluding carboxylic acids is 1. The summed E-state index contributed by atoms with van der Waals surface area (Å²) >= 11 is 0. The van der Waals surface area contributed by atoms with E-state index in [0.29, 0.717) is 13.0 Å². The fraction of sp³-hybridized carbons (Fsp3) is 0.381. The van der Waals surface area contributed by atoms with Gasteiger partial charge in [-0.25, -0.2) is 4.79 Å². The van der Waals surface area contributed by atoms with Gasteiger partial charge in [0.05, 0.1) is 16.7 Å². The lowest BCUT2D eigenvalue weighted by Crippen LogP contribution is -2.47. The summed E-state index contributed by atoms with van der Waals surface area (Å²) in [5.74, 6) is -0.0122. The van der Waals surface area contributed by atoms with Crippen molar-refractivity contribution in [3.63, 3.8) is 0 Å². The summed E-state index contributed by atoms with van der Waals surface area (Å²) in [5, 5.41) is 3.14. The van der Waals surface area contributed by atoms with E-state index in [9.17, 15) is 9.59 Å². The molecule has 146 valence electrons. The number of piperidine rings is 1. The van der Waals surface area contributed by atoms with E-state index in [1.54, 1.807) is 4.57 Å². The van der Waals surface area contributed by atoms with Crippen LogP contribution in [0, 0.1) is 0 Å². The number of nitrogens with zero attached hydrogens (tertiary/aromatic N) is 3. The van der Waals surface area contributed by atoms with Crippen molar-refractivity contribution < 1.29 is 4.79 Å². The predicted octanol–water partition coefficient (Wildman–Crippen LogP) is 1.90. The number of H-pyrrole nitrogens is 1. The lowest BCUT2D eigenvalue weighted by molar-refractivity contribution is -0.122. The molecule has 0 spiro atoms. The van der Waals surface area contributed by atoms with E-state index in [0.717, 1.165) is 49.2 Å². The Bertz CT molecular complexity index is 995. The topological polar surface area (TPSA) is 83.0 Å². The van der Waals surface area contributed by atoms with E-state index >= 15 is 0 Å². The molecule has 0 bridgehead atoms. The molecule has 1 aliphatic rings. The first-order valence-electron chi connectivity index (χ1n) is 9.78. The zero-order chi connectivity index (χ0) is 19.3. The number of hydrogen-bond donors (Lipinski definition) is 2. The Balaban J connectivity index is 1.31. The second-order valence-electron chi connectivity index (χ2n) is 7.31. The van der Waals surface area contributed by atoms with Gasteiger partial charge in [-0.3, -0.25) is 19.2 Å². The molecule has 0 aliphatic carbocycles. The van der Waals surface area contributed by atoms with Crippen LogP contribution in [0.15, 0.2) is 53.5 Å². The number of aromatic nitrogens is 3. The minimum Gasteiger partial charge on any atom is -0.352 e. The van der Waals surface area contributed by atoms with E-state index < -0.39 is 0 Å². The molecular formula is C21H25N5O2. The average molecular weight is 379 g/mol. The molecule has 1 saturated heterocycles. The molecule has 0 radical (unpaired) electrons. The van der Waals surface area contributed by atoms with E-state index in [1.807, 2.05) is 48.7 Å². The molecule has 0 unspecified atom stereocenters. The summed E-state index contributed by atoms with van der Waals surface area (Å²) in [6.45, 7) is 3.03. The molecule has 4 rings (SSSR count). The van der Waals surface area contributed by atoms with Gasteiger partial charge >= 0.3 is 5.69 Å². The van der Waals surface area contributed by atoms with Crippen molar-refractivity contribution in [2.75, 3.05) is 13.1 Å². The minimum atomic E-state index is -0.173. The molecule has 3 aromatic rings. The van der Waals surface area contributed by atoms with Gasteiger partial charge in [-0.2, -0.15) is 0 Å². The zero-order valence-corrected chi connectivity index (χ0v) is 15.8. The Morgan fingerprint density at radius 3 is 2.93 bits per heavy atom. The van der Waals surface area contributed by atoms with Crippen molar-refractivity contribution in [3.05, 3.63) is 64.8 Å². The number of pyridine rings is 1. The van der Waals surface area contributed by atoms with Crippen LogP contribution in [0.1, 0.15) is 25.0 Å². The number of nitrogens with one attached hydrogen (secondary N) is 2. The van der Waals surface area contributed by atoms with Crippen molar-refractivity contribution in [3.8, 4) is 0 Å². The highest BCUT2D eigenvalue weighted by Crippen LogP contribution is 2.13. The first-order chi connectivity index (χ1) is 13.7. The van der Waals surface area contributed by atoms with Crippen LogP contribution in [0.5, 0.6) is 0 Å². The van der Waals surface area contributed by atoms with E-state index in [4.69, 9.17) is 0 Å². The highest BCUT2D eigenvalue weighted by atomic mass is 16.2. The van der Waals surface area contributed by atoms with Gasteiger partial charge in [0.25, 0.3) is 0 Å². The molecule has 2 aromatic heterocycles. The monoisotopic (exact) mass is 379 g/mol. The zero-order valence-electron chi connectivity index (χ0n) is 15.8. The SMILES string of the molecule is O=C(CCn1c(=O)[nH]c2ccccc21)N[C@H]1CCCN(Cc2ccccn2)C1. The van der Waals surface area contributed by atoms with Gasteiger partial charge in [-0.05, 0) is 43.7 Å². The number of likely N-dealkylation sites (tertiary alicyclic amines) is 1. The Hall–Kier alpha value is -2.93. The molecule has 3 heterocycles. The van der Waals surface area contributed by atoms with Crippen LogP contribution in [0.25, 0.3) is 11.0 Å². The number of fused-ring (bicyclic) bond motifs is 1. The van der Waals surface area contributed by atoms with Crippen LogP contribution >= 0.6 is 0 Å². The highest BCUT2D eigenvalue weighted by molar-refractivity contribution is 5.77. The first-order valence-corrected chi connectivity index (χ1v) is 9.78. The molecule has 1 fully saturated rings. The summed E-state index contributed by atoms with van der Waals surface area (Å²) in [6, 6.07) is 13.6. The largest absolute Gasteiger partial charge is 0.352 e. The summed E-state index contributed by atoms with van der Waals surface area (Å²) < 4.78 is 1.63. The quantitative estimate of drug-likeness (QED) is 0.685. The lowest BCUT2D eigenvalue weighted by Gasteiger charge is -2.32. The van der Waals surface area contributed by atoms with Crippen LogP contribution in [-0.2, 0) is 17.9 Å². The van der Waals surface area contributed by atoms with Crippen LogP contribution in [-0.4, -0.2) is 44.5 Å². The van der Waals surface area contributed by atoms with Gasteiger partial charge in [-0.15, -0.1) is 0 Å². The Morgan fingerprint density at radius 1 is 1.21 bits per heavy atom. The fourth-order valence-corrected chi connectivity index (χ4v) is 3.88. The number of carbonyl (C=O) groups is 1. The van der Waals surface area contributed by atoms with Gasteiger partial charge < -0.3 is 10.3 Å². The molecule has 2 N–H and O–H groups in total. The van der Waals surface area contributed by atoms with Crippen molar-refractivity contribution in [1.82, 2.24) is 24.8 Å². The van der Waals surface area contributed by atoms with E-state index in [1.165, 1.54) is 0 Å². The fourth-order valence-electron chi connectivity index (χ4n) is 3.88. The van der Waals surface area contributed by atoms with Gasteiger partial charge in [0.15, 0.2) is 0 Å². The summed E-state index contributed by atoms with van der Waals surface area (Å²) in [4.78, 5) is 34.1. The second-order valence-corrected chi connectivity index (χ2v) is 7.31. The van der Waals surface area contributed by atoms with Gasteiger partial charge in [0.2, 0.25) is 5.91 Å². The lowest BCUT2D eigenvalue weighted by atomic mass is 10.1. The van der Waals surface area contributed by atoms with Crippen LogP contribution < -0.4 is 11.0 Å². The van der Waals surface area contributed by atoms with Crippen molar-refractivity contribution >= 4 is 16.9 Å². The molecule has 0 saturated carbocycles. The summed E-state index contributed by atoms with van der Waals surface area (Å²) in [7, 11) is 0. The van der Waals surface area contributed by atoms with Gasteiger partial charge in [-0.1, -0.05) is 18.2 Å². The van der Waals surface area contributed by atoms with Crippen molar-refractivity contribution in [2.45, 2.75) is 38.4 Å². The third-order valence-corrected chi connectivity index (χ3v) is 5.23. The number of hydrogen-bond acceptors (Lipinski definition) is 4. The molecule has 1 amide bonds. The van der Waals surface area contributed by atoms with Gasteiger partial charge in [0.1, 0.15) is 0 Å². The Labute approximate surface area is 163 Å².